The minimum absolute atomic E-state index is 0. The van der Waals surface area contributed by atoms with Gasteiger partial charge < -0.3 is 17.3 Å². The third-order valence-corrected chi connectivity index (χ3v) is 0. The van der Waals surface area contributed by atoms with E-state index >= 15 is 0 Å². The first kappa shape index (κ1) is 29.3. The Kier molecular flexibility index (Phi) is 245. The van der Waals surface area contributed by atoms with Gasteiger partial charge in [-0.15, -0.1) is 0 Å². The van der Waals surface area contributed by atoms with Gasteiger partial charge in [-0.2, -0.15) is 0 Å². The molecule has 0 spiro atoms. The van der Waals surface area contributed by atoms with Crippen LogP contribution in [0.15, 0.2) is 0 Å². The molecule has 2 nitrogen and oxygen atoms in total. The normalized spacial score (nSPS) is 0.400. The largest absolute Gasteiger partial charge is 2.00 e. The van der Waals surface area contributed by atoms with Crippen LogP contribution < -0.4 is 51.4 Å². The summed E-state index contributed by atoms with van der Waals surface area (Å²) in [6, 6.07) is 0. The zero-order chi connectivity index (χ0) is 2.00. The molecule has 0 aromatic heterocycles. The molecular weight excluding hydrogens is 276 g/mol. The molecule has 26 valence electrons. The monoisotopic (exact) mass is 278 g/mol. The molecule has 0 amide bonds. The summed E-state index contributed by atoms with van der Waals surface area (Å²) in [5, 5.41) is 6.25. The minimum atomic E-state index is 0. The van der Waals surface area contributed by atoms with Crippen LogP contribution in [0.5, 0.6) is 0 Å². The van der Waals surface area contributed by atoms with Crippen molar-refractivity contribution in [3.05, 3.63) is 6.57 Å². The molecule has 0 saturated carbocycles. The van der Waals surface area contributed by atoms with E-state index < -0.39 is 0 Å². The van der Waals surface area contributed by atoms with Crippen molar-refractivity contribution in [2.45, 2.75) is 0 Å². The number of nitrogens with zero attached hydrogens (tertiary/aromatic N) is 1. The van der Waals surface area contributed by atoms with Crippen molar-refractivity contribution in [3.63, 3.8) is 0 Å². The smallest absolute Gasteiger partial charge is 0.512 e. The average molecular weight is 278 g/mol. The zero-order valence-electron chi connectivity index (χ0n) is 2.76. The Bertz CT molecular complexity index is 16.4. The predicted octanol–water partition coefficient (Wildman–Crippen LogP) is -3.73. The maximum absolute atomic E-state index is 6.25. The fourth-order valence-corrected chi connectivity index (χ4v) is 0. The molecule has 0 aliphatic carbocycles. The third kappa shape index (κ3) is 26.1. The first-order valence-electron chi connectivity index (χ1n) is 0.224. The predicted molar refractivity (Wildman–Crippen MR) is 8.58 cm³/mol. The van der Waals surface area contributed by atoms with Crippen molar-refractivity contribution >= 4 is 0 Å². The molecule has 4 heteroatoms. The van der Waals surface area contributed by atoms with E-state index in [1.165, 1.54) is 0 Å². The van der Waals surface area contributed by atoms with Gasteiger partial charge in [-0.1, -0.05) is 0 Å². The summed E-state index contributed by atoms with van der Waals surface area (Å²) < 4.78 is 0. The van der Waals surface area contributed by atoms with Gasteiger partial charge in [0.1, 0.15) is 0 Å². The van der Waals surface area contributed by atoms with Crippen LogP contribution in [-0.4, -0.2) is 5.48 Å². The Hall–Kier alpha value is 1.77. The minimum Gasteiger partial charge on any atom is -0.512 e. The van der Waals surface area contributed by atoms with Crippen LogP contribution in [0.2, 0.25) is 0 Å². The van der Waals surface area contributed by atoms with Gasteiger partial charge in [-0.05, 0) is 0 Å². The van der Waals surface area contributed by atoms with E-state index in [1.807, 2.05) is 0 Å². The van der Waals surface area contributed by atoms with E-state index in [0.29, 0.717) is 0 Å². The van der Waals surface area contributed by atoms with Crippen LogP contribution >= 0.6 is 0 Å². The van der Waals surface area contributed by atoms with E-state index in [4.69, 9.17) is 11.8 Å². The van der Waals surface area contributed by atoms with Gasteiger partial charge in [0.05, 0.1) is 0 Å². The molecule has 0 radical (unpaired) electrons. The molecule has 0 aliphatic heterocycles. The van der Waals surface area contributed by atoms with E-state index in [9.17, 15) is 0 Å². The summed E-state index contributed by atoms with van der Waals surface area (Å²) in [5.74, 6) is 0. The first-order chi connectivity index (χ1) is 1.00. The molecule has 0 aromatic carbocycles. The summed E-state index contributed by atoms with van der Waals surface area (Å²) >= 11 is 0. The van der Waals surface area contributed by atoms with E-state index in [2.05, 4.69) is 0 Å². The number of rotatable bonds is 0. The summed E-state index contributed by atoms with van der Waals surface area (Å²) in [6.07, 6.45) is 0. The standard InChI is InChI=1S/CN.K.H2O.Pt/c1-2;;;/h;;1H2;/q-1;+1;;+2. The van der Waals surface area contributed by atoms with Crippen LogP contribution in [0.1, 0.15) is 0 Å². The summed E-state index contributed by atoms with van der Waals surface area (Å²) in [5.41, 5.74) is 0. The molecule has 0 bridgehead atoms. The van der Waals surface area contributed by atoms with Gasteiger partial charge in [0.25, 0.3) is 0 Å². The Morgan fingerprint density at radius 2 is 1.20 bits per heavy atom. The molecule has 2 N–H and O–H groups in total. The van der Waals surface area contributed by atoms with Crippen molar-refractivity contribution in [2.24, 2.45) is 0 Å². The summed E-state index contributed by atoms with van der Waals surface area (Å²) in [6.45, 7) is 4.75. The molecule has 0 atom stereocenters. The van der Waals surface area contributed by atoms with Gasteiger partial charge in [-0.25, -0.2) is 0 Å². The van der Waals surface area contributed by atoms with E-state index in [-0.39, 0.29) is 77.9 Å². The van der Waals surface area contributed by atoms with E-state index in [0.717, 1.165) is 0 Å². The summed E-state index contributed by atoms with van der Waals surface area (Å²) in [7, 11) is 0. The Morgan fingerprint density at radius 1 is 1.20 bits per heavy atom. The van der Waals surface area contributed by atoms with Crippen molar-refractivity contribution in [1.29, 1.82) is 5.26 Å². The van der Waals surface area contributed by atoms with Gasteiger partial charge in [-0.3, -0.25) is 0 Å². The second kappa shape index (κ2) is 41.8. The maximum Gasteiger partial charge on any atom is 2.00 e. The molecule has 5 heavy (non-hydrogen) atoms. The van der Waals surface area contributed by atoms with Crippen molar-refractivity contribution in [2.75, 3.05) is 0 Å². The van der Waals surface area contributed by atoms with Crippen LogP contribution in [0.3, 0.4) is 0 Å². The van der Waals surface area contributed by atoms with E-state index in [1.54, 1.807) is 0 Å². The molecular formula is CH2KNOPt+2. The maximum atomic E-state index is 6.25. The van der Waals surface area contributed by atoms with Crippen LogP contribution in [-0.2, 0) is 21.1 Å². The van der Waals surface area contributed by atoms with Gasteiger partial charge in [0, 0.05) is 0 Å². The zero-order valence-corrected chi connectivity index (χ0v) is 8.16. The second-order valence-electron chi connectivity index (χ2n) is 0. The Morgan fingerprint density at radius 3 is 1.20 bits per heavy atom. The second-order valence-corrected chi connectivity index (χ2v) is 0. The molecule has 0 heterocycles. The van der Waals surface area contributed by atoms with Crippen molar-refractivity contribution < 1.29 is 77.9 Å². The molecule has 0 aromatic rings. The van der Waals surface area contributed by atoms with Gasteiger partial charge >= 0.3 is 72.4 Å². The first-order valence-corrected chi connectivity index (χ1v) is 0.224. The van der Waals surface area contributed by atoms with Crippen LogP contribution in [0, 0.1) is 11.8 Å². The SMILES string of the molecule is O.[C-]#N.[K+].[Pt+2]. The molecule has 0 saturated heterocycles. The van der Waals surface area contributed by atoms with Gasteiger partial charge in [0.15, 0.2) is 0 Å². The Balaban J connectivity index is -0.00000000167. The van der Waals surface area contributed by atoms with Crippen molar-refractivity contribution in [3.8, 4) is 0 Å². The van der Waals surface area contributed by atoms with Crippen molar-refractivity contribution in [1.82, 2.24) is 0 Å². The quantitative estimate of drug-likeness (QED) is 0.332. The Labute approximate surface area is 87.9 Å². The number of hydrogen-bond donors (Lipinski definition) is 0. The molecule has 0 aliphatic rings. The van der Waals surface area contributed by atoms with Crippen LogP contribution in [0.25, 0.3) is 0 Å². The number of hydrogen-bond acceptors (Lipinski definition) is 1. The molecule has 0 fully saturated rings. The topological polar surface area (TPSA) is 55.3 Å². The third-order valence-electron chi connectivity index (χ3n) is 0. The molecule has 0 unspecified atom stereocenters. The fourth-order valence-electron chi connectivity index (χ4n) is 0. The molecule has 0 rings (SSSR count). The van der Waals surface area contributed by atoms with Crippen LogP contribution in [0.4, 0.5) is 0 Å². The van der Waals surface area contributed by atoms with Gasteiger partial charge in [0.2, 0.25) is 0 Å². The average Bonchev–Trinajstić information content (AvgIpc) is 1.00. The fraction of sp³-hybridized carbons (Fsp3) is 0. The summed E-state index contributed by atoms with van der Waals surface area (Å²) in [4.78, 5) is 0.